The summed E-state index contributed by atoms with van der Waals surface area (Å²) in [4.78, 5) is 11.2. The number of rotatable bonds is 6. The second-order valence-corrected chi connectivity index (χ2v) is 8.22. The molecule has 0 N–H and O–H groups in total. The fourth-order valence-electron chi connectivity index (χ4n) is 2.96. The number of esters is 1. The van der Waals surface area contributed by atoms with Gasteiger partial charge in [-0.3, -0.25) is 8.98 Å². The zero-order valence-electron chi connectivity index (χ0n) is 15.6. The second kappa shape index (κ2) is 8.28. The normalized spacial score (nSPS) is 17.3. The van der Waals surface area contributed by atoms with Crippen molar-refractivity contribution in [1.29, 1.82) is 0 Å². The van der Waals surface area contributed by atoms with Crippen LogP contribution in [0.25, 0.3) is 0 Å². The first-order valence-corrected chi connectivity index (χ1v) is 10.2. The van der Waals surface area contributed by atoms with Gasteiger partial charge < -0.3 is 9.47 Å². The van der Waals surface area contributed by atoms with Crippen LogP contribution >= 0.6 is 0 Å². The van der Waals surface area contributed by atoms with Gasteiger partial charge in [0.15, 0.2) is 0 Å². The van der Waals surface area contributed by atoms with Crippen LogP contribution in [-0.4, -0.2) is 33.2 Å². The van der Waals surface area contributed by atoms with Crippen molar-refractivity contribution in [3.8, 4) is 5.75 Å². The largest absolute Gasteiger partial charge is 0.487 e. The standard InChI is InChI=1S/C20H21FO6S/c1-13-3-7-17(8-4-13)28(23,24)27-20(12-25-14(2)22)19-9-5-15-11-16(21)6-10-18(15)26-19/h3-4,6-8,10-11,19-20H,5,9,12H2,1-2H3/t19-,20+/m1/s1. The Morgan fingerprint density at radius 1 is 1.25 bits per heavy atom. The highest BCUT2D eigenvalue weighted by atomic mass is 32.2. The molecule has 0 bridgehead atoms. The number of hydrogen-bond donors (Lipinski definition) is 0. The molecule has 1 aliphatic heterocycles. The molecule has 3 rings (SSSR count). The van der Waals surface area contributed by atoms with Crippen LogP contribution in [0.4, 0.5) is 4.39 Å². The fourth-order valence-corrected chi connectivity index (χ4v) is 4.05. The zero-order valence-corrected chi connectivity index (χ0v) is 16.4. The molecule has 28 heavy (non-hydrogen) atoms. The highest BCUT2D eigenvalue weighted by molar-refractivity contribution is 7.86. The zero-order chi connectivity index (χ0) is 20.3. The van der Waals surface area contributed by atoms with Crippen LogP contribution in [0.5, 0.6) is 5.75 Å². The van der Waals surface area contributed by atoms with Crippen LogP contribution in [-0.2, 0) is 30.3 Å². The molecular formula is C20H21FO6S. The van der Waals surface area contributed by atoms with Gasteiger partial charge >= 0.3 is 5.97 Å². The highest BCUT2D eigenvalue weighted by Gasteiger charge is 2.34. The lowest BCUT2D eigenvalue weighted by Crippen LogP contribution is -2.41. The van der Waals surface area contributed by atoms with Gasteiger partial charge in [-0.1, -0.05) is 17.7 Å². The van der Waals surface area contributed by atoms with E-state index in [4.69, 9.17) is 13.7 Å². The average Bonchev–Trinajstić information content (AvgIpc) is 2.65. The van der Waals surface area contributed by atoms with E-state index in [2.05, 4.69) is 0 Å². The molecule has 0 saturated heterocycles. The fraction of sp³-hybridized carbons (Fsp3) is 0.350. The van der Waals surface area contributed by atoms with Gasteiger partial charge in [0.25, 0.3) is 10.1 Å². The molecule has 0 radical (unpaired) electrons. The maximum absolute atomic E-state index is 13.4. The monoisotopic (exact) mass is 408 g/mol. The number of carbonyl (C=O) groups excluding carboxylic acids is 1. The van der Waals surface area contributed by atoms with Crippen molar-refractivity contribution in [3.63, 3.8) is 0 Å². The van der Waals surface area contributed by atoms with Gasteiger partial charge in [-0.05, 0) is 55.7 Å². The summed E-state index contributed by atoms with van der Waals surface area (Å²) in [6.45, 7) is 2.80. The maximum Gasteiger partial charge on any atom is 0.302 e. The molecule has 8 heteroatoms. The van der Waals surface area contributed by atoms with E-state index in [1.54, 1.807) is 12.1 Å². The Kier molecular flexibility index (Phi) is 6.00. The summed E-state index contributed by atoms with van der Waals surface area (Å²) in [5.74, 6) is -0.461. The molecule has 2 aromatic carbocycles. The van der Waals surface area contributed by atoms with Gasteiger partial charge in [0.05, 0.1) is 4.90 Å². The molecule has 0 unspecified atom stereocenters. The van der Waals surface area contributed by atoms with Gasteiger partial charge in [-0.15, -0.1) is 0 Å². The molecule has 2 atom stereocenters. The Morgan fingerprint density at radius 2 is 1.96 bits per heavy atom. The van der Waals surface area contributed by atoms with Crippen LogP contribution in [0, 0.1) is 12.7 Å². The molecule has 0 aromatic heterocycles. The first kappa shape index (κ1) is 20.3. The summed E-state index contributed by atoms with van der Waals surface area (Å²) in [6.07, 6.45) is -0.820. The molecule has 0 fully saturated rings. The summed E-state index contributed by atoms with van der Waals surface area (Å²) >= 11 is 0. The molecule has 1 heterocycles. The number of halogens is 1. The topological polar surface area (TPSA) is 78.9 Å². The van der Waals surface area contributed by atoms with E-state index in [1.807, 2.05) is 6.92 Å². The number of carbonyl (C=O) groups is 1. The Morgan fingerprint density at radius 3 is 2.64 bits per heavy atom. The summed E-state index contributed by atoms with van der Waals surface area (Å²) in [5.41, 5.74) is 1.61. The number of hydrogen-bond acceptors (Lipinski definition) is 6. The minimum Gasteiger partial charge on any atom is -0.487 e. The number of ether oxygens (including phenoxy) is 2. The van der Waals surface area contributed by atoms with E-state index in [1.165, 1.54) is 37.3 Å². The third kappa shape index (κ3) is 4.88. The minimum atomic E-state index is -4.09. The van der Waals surface area contributed by atoms with Gasteiger partial charge in [-0.2, -0.15) is 8.42 Å². The molecule has 150 valence electrons. The average molecular weight is 408 g/mol. The quantitative estimate of drug-likeness (QED) is 0.540. The summed E-state index contributed by atoms with van der Waals surface area (Å²) in [7, 11) is -4.09. The van der Waals surface area contributed by atoms with Crippen molar-refractivity contribution < 1.29 is 31.3 Å². The van der Waals surface area contributed by atoms with E-state index in [0.717, 1.165) is 5.56 Å². The predicted octanol–water partition coefficient (Wildman–Crippen LogP) is 3.16. The lowest BCUT2D eigenvalue weighted by Gasteiger charge is -2.31. The van der Waals surface area contributed by atoms with Gasteiger partial charge in [0.2, 0.25) is 0 Å². The summed E-state index contributed by atoms with van der Waals surface area (Å²) < 4.78 is 54.9. The molecule has 0 aliphatic carbocycles. The molecule has 6 nitrogen and oxygen atoms in total. The van der Waals surface area contributed by atoms with Crippen molar-refractivity contribution in [2.75, 3.05) is 6.61 Å². The number of aryl methyl sites for hydroxylation is 2. The smallest absolute Gasteiger partial charge is 0.302 e. The van der Waals surface area contributed by atoms with Crippen molar-refractivity contribution in [1.82, 2.24) is 0 Å². The maximum atomic E-state index is 13.4. The Balaban J connectivity index is 1.82. The Bertz CT molecular complexity index is 955. The SMILES string of the molecule is CC(=O)OC[C@H](OS(=O)(=O)c1ccc(C)cc1)[C@H]1CCc2cc(F)ccc2O1. The van der Waals surface area contributed by atoms with Crippen molar-refractivity contribution in [2.24, 2.45) is 0 Å². The molecular weight excluding hydrogens is 387 g/mol. The number of fused-ring (bicyclic) bond motifs is 1. The minimum absolute atomic E-state index is 0.00389. The highest BCUT2D eigenvalue weighted by Crippen LogP contribution is 2.31. The first-order valence-electron chi connectivity index (χ1n) is 8.83. The van der Waals surface area contributed by atoms with Crippen LogP contribution in [0.3, 0.4) is 0 Å². The Labute approximate surface area is 163 Å². The van der Waals surface area contributed by atoms with Crippen molar-refractivity contribution in [2.45, 2.75) is 43.8 Å². The van der Waals surface area contributed by atoms with Gasteiger partial charge in [0.1, 0.15) is 30.4 Å². The van der Waals surface area contributed by atoms with E-state index < -0.39 is 28.3 Å². The first-order chi connectivity index (χ1) is 13.2. The molecule has 2 aromatic rings. The van der Waals surface area contributed by atoms with E-state index in [-0.39, 0.29) is 17.3 Å². The summed E-state index contributed by atoms with van der Waals surface area (Å²) in [5, 5.41) is 0. The van der Waals surface area contributed by atoms with Gasteiger partial charge in [-0.25, -0.2) is 4.39 Å². The molecule has 0 amide bonds. The third-order valence-electron chi connectivity index (χ3n) is 4.42. The van der Waals surface area contributed by atoms with E-state index in [0.29, 0.717) is 24.2 Å². The molecule has 0 saturated carbocycles. The van der Waals surface area contributed by atoms with Gasteiger partial charge in [0, 0.05) is 6.92 Å². The predicted molar refractivity (Wildman–Crippen MR) is 99.0 cm³/mol. The van der Waals surface area contributed by atoms with Crippen LogP contribution in [0.1, 0.15) is 24.5 Å². The Hall–Kier alpha value is -2.45. The molecule has 1 aliphatic rings. The van der Waals surface area contributed by atoms with Crippen LogP contribution in [0.15, 0.2) is 47.4 Å². The van der Waals surface area contributed by atoms with E-state index in [9.17, 15) is 17.6 Å². The lowest BCUT2D eigenvalue weighted by molar-refractivity contribution is -0.145. The van der Waals surface area contributed by atoms with Crippen LogP contribution in [0.2, 0.25) is 0 Å². The number of benzene rings is 2. The van der Waals surface area contributed by atoms with E-state index >= 15 is 0 Å². The third-order valence-corrected chi connectivity index (χ3v) is 5.77. The lowest BCUT2D eigenvalue weighted by atomic mass is 9.99. The van der Waals surface area contributed by atoms with Crippen LogP contribution < -0.4 is 4.74 Å². The van der Waals surface area contributed by atoms with Crippen molar-refractivity contribution in [3.05, 3.63) is 59.4 Å². The summed E-state index contributed by atoms with van der Waals surface area (Å²) in [6, 6.07) is 10.4. The molecule has 0 spiro atoms. The second-order valence-electron chi connectivity index (χ2n) is 6.65. The van der Waals surface area contributed by atoms with Crippen molar-refractivity contribution >= 4 is 16.1 Å².